The van der Waals surface area contributed by atoms with E-state index in [-0.39, 0.29) is 0 Å². The Morgan fingerprint density at radius 1 is 1.42 bits per heavy atom. The average molecular weight is 344 g/mol. The van der Waals surface area contributed by atoms with E-state index in [1.54, 1.807) is 0 Å². The van der Waals surface area contributed by atoms with Gasteiger partial charge in [-0.2, -0.15) is 11.8 Å². The van der Waals surface area contributed by atoms with Crippen molar-refractivity contribution < 1.29 is 0 Å². The Hall–Kier alpha value is -1.95. The summed E-state index contributed by atoms with van der Waals surface area (Å²) < 4.78 is 0. The Kier molecular flexibility index (Phi) is 5.80. The van der Waals surface area contributed by atoms with Crippen molar-refractivity contribution in [2.45, 2.75) is 25.1 Å². The highest BCUT2D eigenvalue weighted by molar-refractivity contribution is 8.00. The van der Waals surface area contributed by atoms with Gasteiger partial charge in [0.25, 0.3) is 0 Å². The average Bonchev–Trinajstić information content (AvgIpc) is 3.12. The minimum atomic E-state index is 0.653. The molecule has 2 N–H and O–H groups in total. The SMILES string of the molecule is CCC1CN(C(=NC)NCc2ncc(-c3ccccc3)[nH]2)CCS1. The largest absolute Gasteiger partial charge is 0.349 e. The van der Waals surface area contributed by atoms with Gasteiger partial charge in [0.1, 0.15) is 5.82 Å². The third-order valence-corrected chi connectivity index (χ3v) is 5.60. The van der Waals surface area contributed by atoms with Crippen LogP contribution in [0.4, 0.5) is 0 Å². The number of benzene rings is 1. The number of nitrogens with one attached hydrogen (secondary N) is 2. The van der Waals surface area contributed by atoms with Gasteiger partial charge in [0.05, 0.1) is 18.4 Å². The van der Waals surface area contributed by atoms with Gasteiger partial charge in [-0.3, -0.25) is 4.99 Å². The van der Waals surface area contributed by atoms with Crippen molar-refractivity contribution in [2.75, 3.05) is 25.9 Å². The van der Waals surface area contributed by atoms with Crippen LogP contribution < -0.4 is 5.32 Å². The first-order valence-corrected chi connectivity index (χ1v) is 9.51. The lowest BCUT2D eigenvalue weighted by Gasteiger charge is -2.34. The minimum Gasteiger partial charge on any atom is -0.349 e. The fourth-order valence-corrected chi connectivity index (χ4v) is 4.05. The zero-order chi connectivity index (χ0) is 16.8. The summed E-state index contributed by atoms with van der Waals surface area (Å²) in [5.41, 5.74) is 2.20. The van der Waals surface area contributed by atoms with E-state index in [0.717, 1.165) is 41.9 Å². The van der Waals surface area contributed by atoms with Gasteiger partial charge in [-0.15, -0.1) is 0 Å². The predicted octanol–water partition coefficient (Wildman–Crippen LogP) is 2.98. The summed E-state index contributed by atoms with van der Waals surface area (Å²) in [5, 5.41) is 4.14. The highest BCUT2D eigenvalue weighted by atomic mass is 32.2. The monoisotopic (exact) mass is 343 g/mol. The molecule has 5 nitrogen and oxygen atoms in total. The molecule has 0 saturated carbocycles. The van der Waals surface area contributed by atoms with E-state index in [2.05, 4.69) is 56.0 Å². The van der Waals surface area contributed by atoms with Crippen molar-refractivity contribution in [3.05, 3.63) is 42.4 Å². The van der Waals surface area contributed by atoms with Gasteiger partial charge in [-0.05, 0) is 12.0 Å². The number of aliphatic imine (C=N–C) groups is 1. The summed E-state index contributed by atoms with van der Waals surface area (Å²) in [7, 11) is 1.85. The van der Waals surface area contributed by atoms with Gasteiger partial charge in [0.2, 0.25) is 0 Å². The topological polar surface area (TPSA) is 56.3 Å². The van der Waals surface area contributed by atoms with Crippen LogP contribution in [0.15, 0.2) is 41.5 Å². The molecular weight excluding hydrogens is 318 g/mol. The van der Waals surface area contributed by atoms with Gasteiger partial charge >= 0.3 is 0 Å². The molecule has 1 aliphatic rings. The maximum atomic E-state index is 4.48. The lowest BCUT2D eigenvalue weighted by atomic mass is 10.2. The maximum Gasteiger partial charge on any atom is 0.194 e. The summed E-state index contributed by atoms with van der Waals surface area (Å²) in [5.74, 6) is 3.05. The second kappa shape index (κ2) is 8.24. The molecule has 0 aliphatic carbocycles. The Balaban J connectivity index is 1.59. The molecule has 1 aromatic heterocycles. The van der Waals surface area contributed by atoms with Gasteiger partial charge < -0.3 is 15.2 Å². The lowest BCUT2D eigenvalue weighted by Crippen LogP contribution is -2.47. The summed E-state index contributed by atoms with van der Waals surface area (Å²) in [6, 6.07) is 10.3. The molecule has 1 unspecified atom stereocenters. The summed E-state index contributed by atoms with van der Waals surface area (Å²) >= 11 is 2.07. The number of hydrogen-bond donors (Lipinski definition) is 2. The van der Waals surface area contributed by atoms with E-state index < -0.39 is 0 Å². The van der Waals surface area contributed by atoms with Crippen LogP contribution in [-0.2, 0) is 6.54 Å². The van der Waals surface area contributed by atoms with Crippen LogP contribution >= 0.6 is 11.8 Å². The van der Waals surface area contributed by atoms with Gasteiger partial charge in [0, 0.05) is 31.1 Å². The Labute approximate surface area is 148 Å². The predicted molar refractivity (Wildman–Crippen MR) is 102 cm³/mol. The number of rotatable bonds is 4. The fourth-order valence-electron chi connectivity index (χ4n) is 2.87. The van der Waals surface area contributed by atoms with E-state index in [9.17, 15) is 0 Å². The zero-order valence-electron chi connectivity index (χ0n) is 14.3. The number of guanidine groups is 1. The molecule has 6 heteroatoms. The second-order valence-corrected chi connectivity index (χ2v) is 7.27. The van der Waals surface area contributed by atoms with Gasteiger partial charge in [0.15, 0.2) is 5.96 Å². The Bertz CT molecular complexity index is 667. The number of aromatic amines is 1. The molecule has 2 aromatic rings. The van der Waals surface area contributed by atoms with Crippen LogP contribution in [0.5, 0.6) is 0 Å². The van der Waals surface area contributed by atoms with Crippen LogP contribution in [-0.4, -0.2) is 52.0 Å². The molecule has 2 heterocycles. The van der Waals surface area contributed by atoms with Crippen LogP contribution in [0, 0.1) is 0 Å². The van der Waals surface area contributed by atoms with Crippen LogP contribution in [0.25, 0.3) is 11.3 Å². The highest BCUT2D eigenvalue weighted by Crippen LogP contribution is 2.21. The standard InChI is InChI=1S/C18H25N5S/c1-3-15-13-23(9-10-24-15)18(19-2)21-12-17-20-11-16(22-17)14-7-5-4-6-8-14/h4-8,11,15H,3,9-10,12-13H2,1-2H3,(H,19,21)(H,20,22). The van der Waals surface area contributed by atoms with Crippen LogP contribution in [0.2, 0.25) is 0 Å². The third-order valence-electron chi connectivity index (χ3n) is 4.23. The summed E-state index contributed by atoms with van der Waals surface area (Å²) in [6.07, 6.45) is 3.09. The molecule has 1 aliphatic heterocycles. The van der Waals surface area contributed by atoms with Crippen molar-refractivity contribution in [3.63, 3.8) is 0 Å². The summed E-state index contributed by atoms with van der Waals surface area (Å²) in [6.45, 7) is 5.02. The number of hydrogen-bond acceptors (Lipinski definition) is 3. The first-order valence-electron chi connectivity index (χ1n) is 8.46. The molecule has 0 radical (unpaired) electrons. The molecular formula is C18H25N5S. The molecule has 0 spiro atoms. The van der Waals surface area contributed by atoms with E-state index in [0.29, 0.717) is 11.8 Å². The minimum absolute atomic E-state index is 0.653. The maximum absolute atomic E-state index is 4.48. The zero-order valence-corrected chi connectivity index (χ0v) is 15.1. The van der Waals surface area contributed by atoms with E-state index >= 15 is 0 Å². The Morgan fingerprint density at radius 3 is 3.00 bits per heavy atom. The number of imidazole rings is 1. The molecule has 3 rings (SSSR count). The van der Waals surface area contributed by atoms with Crippen molar-refractivity contribution in [2.24, 2.45) is 4.99 Å². The molecule has 128 valence electrons. The molecule has 1 saturated heterocycles. The third kappa shape index (κ3) is 4.12. The summed E-state index contributed by atoms with van der Waals surface area (Å²) in [4.78, 5) is 14.7. The number of thioether (sulfide) groups is 1. The van der Waals surface area contributed by atoms with Gasteiger partial charge in [-0.1, -0.05) is 37.3 Å². The van der Waals surface area contributed by atoms with Crippen molar-refractivity contribution >= 4 is 17.7 Å². The smallest absolute Gasteiger partial charge is 0.194 e. The molecule has 0 bridgehead atoms. The Morgan fingerprint density at radius 2 is 2.25 bits per heavy atom. The lowest BCUT2D eigenvalue weighted by molar-refractivity contribution is 0.407. The second-order valence-electron chi connectivity index (χ2n) is 5.86. The molecule has 1 atom stereocenters. The van der Waals surface area contributed by atoms with E-state index in [1.165, 1.54) is 6.42 Å². The highest BCUT2D eigenvalue weighted by Gasteiger charge is 2.21. The van der Waals surface area contributed by atoms with Crippen molar-refractivity contribution in [1.82, 2.24) is 20.2 Å². The molecule has 24 heavy (non-hydrogen) atoms. The van der Waals surface area contributed by atoms with E-state index in [4.69, 9.17) is 0 Å². The molecule has 1 fully saturated rings. The number of nitrogens with zero attached hydrogens (tertiary/aromatic N) is 3. The number of H-pyrrole nitrogens is 1. The first-order chi connectivity index (χ1) is 11.8. The van der Waals surface area contributed by atoms with Crippen LogP contribution in [0.3, 0.4) is 0 Å². The van der Waals surface area contributed by atoms with Gasteiger partial charge in [-0.25, -0.2) is 4.98 Å². The normalized spacial score (nSPS) is 18.7. The van der Waals surface area contributed by atoms with E-state index in [1.807, 2.05) is 31.4 Å². The number of aromatic nitrogens is 2. The van der Waals surface area contributed by atoms with Crippen molar-refractivity contribution in [1.29, 1.82) is 0 Å². The molecule has 1 aromatic carbocycles. The van der Waals surface area contributed by atoms with Crippen LogP contribution in [0.1, 0.15) is 19.2 Å². The van der Waals surface area contributed by atoms with Crippen molar-refractivity contribution in [3.8, 4) is 11.3 Å². The molecule has 0 amide bonds. The quantitative estimate of drug-likeness (QED) is 0.662. The fraction of sp³-hybridized carbons (Fsp3) is 0.444. The first kappa shape index (κ1) is 16.9.